The zero-order valence-corrected chi connectivity index (χ0v) is 19.2. The minimum atomic E-state index is -1.20. The minimum absolute atomic E-state index is 0.142. The third-order valence-corrected chi connectivity index (χ3v) is 5.06. The third-order valence-electron chi connectivity index (χ3n) is 4.57. The van der Waals surface area contributed by atoms with Crippen LogP contribution >= 0.6 is 15.9 Å². The molecule has 0 aliphatic carbocycles. The summed E-state index contributed by atoms with van der Waals surface area (Å²) < 4.78 is 12.3. The average Bonchev–Trinajstić information content (AvgIpc) is 2.79. The molecule has 8 heteroatoms. The highest BCUT2D eigenvalue weighted by Gasteiger charge is 2.30. The van der Waals surface area contributed by atoms with Gasteiger partial charge in [0.2, 0.25) is 0 Å². The molecule has 0 radical (unpaired) electrons. The molecule has 2 atom stereocenters. The Kier molecular flexibility index (Phi) is 8.10. The Morgan fingerprint density at radius 1 is 1.03 bits per heavy atom. The lowest BCUT2D eigenvalue weighted by atomic mass is 10.0. The number of aliphatic carboxylic acids is 1. The van der Waals surface area contributed by atoms with Crippen molar-refractivity contribution in [3.8, 4) is 11.5 Å². The van der Waals surface area contributed by atoms with E-state index in [1.807, 2.05) is 19.1 Å². The number of carbonyl (C=O) groups excluding carboxylic acids is 1. The number of hydrogen-bond donors (Lipinski definition) is 3. The van der Waals surface area contributed by atoms with Gasteiger partial charge in [0.15, 0.2) is 12.2 Å². The second-order valence-electron chi connectivity index (χ2n) is 7.11. The molecule has 3 aromatic carbocycles. The molecule has 0 heterocycles. The van der Waals surface area contributed by atoms with Gasteiger partial charge in [-0.2, -0.15) is 0 Å². The molecule has 7 nitrogen and oxygen atoms in total. The molecule has 3 aromatic rings. The van der Waals surface area contributed by atoms with Crippen LogP contribution in [0.15, 0.2) is 89.4 Å². The highest BCUT2D eigenvalue weighted by atomic mass is 79.9. The van der Waals surface area contributed by atoms with Crippen LogP contribution in [0.2, 0.25) is 0 Å². The molecule has 170 valence electrons. The van der Waals surface area contributed by atoms with E-state index in [4.69, 9.17) is 14.6 Å². The summed E-state index contributed by atoms with van der Waals surface area (Å²) in [6.45, 7) is 1.93. The summed E-state index contributed by atoms with van der Waals surface area (Å²) in [6, 6.07) is 20.5. The Balaban J connectivity index is 1.96. The van der Waals surface area contributed by atoms with Crippen LogP contribution in [0.25, 0.3) is 0 Å². The zero-order chi connectivity index (χ0) is 23.8. The fourth-order valence-corrected chi connectivity index (χ4v) is 3.37. The van der Waals surface area contributed by atoms with E-state index in [2.05, 4.69) is 21.2 Å². The highest BCUT2D eigenvalue weighted by Crippen LogP contribution is 2.34. The summed E-state index contributed by atoms with van der Waals surface area (Å²) in [6.07, 6.45) is -0.874. The molecule has 3 rings (SSSR count). The van der Waals surface area contributed by atoms with Crippen LogP contribution in [-0.4, -0.2) is 28.4 Å². The number of amides is 1. The highest BCUT2D eigenvalue weighted by molar-refractivity contribution is 9.10. The van der Waals surface area contributed by atoms with Crippen molar-refractivity contribution in [2.24, 2.45) is 0 Å². The number of aromatic hydroxyl groups is 1. The number of phenolic OH excluding ortho intramolecular Hbond substituents is 1. The van der Waals surface area contributed by atoms with Gasteiger partial charge < -0.3 is 19.7 Å². The first-order chi connectivity index (χ1) is 15.8. The largest absolute Gasteiger partial charge is 0.508 e. The van der Waals surface area contributed by atoms with Gasteiger partial charge in [-0.25, -0.2) is 9.59 Å². The second-order valence-corrected chi connectivity index (χ2v) is 8.03. The van der Waals surface area contributed by atoms with Gasteiger partial charge in [0.05, 0.1) is 0 Å². The number of carboxylic acids is 1. The van der Waals surface area contributed by atoms with Crippen molar-refractivity contribution in [3.05, 3.63) is 101 Å². The summed E-state index contributed by atoms with van der Waals surface area (Å²) in [5.41, 5.74) is 1.78. The van der Waals surface area contributed by atoms with Gasteiger partial charge in [0, 0.05) is 21.8 Å². The van der Waals surface area contributed by atoms with Crippen molar-refractivity contribution in [1.29, 1.82) is 0 Å². The van der Waals surface area contributed by atoms with Crippen LogP contribution in [-0.2, 0) is 9.53 Å². The lowest BCUT2D eigenvalue weighted by molar-refractivity contribution is -0.131. The van der Waals surface area contributed by atoms with E-state index in [1.54, 1.807) is 54.6 Å². The van der Waals surface area contributed by atoms with Gasteiger partial charge in [-0.05, 0) is 55.5 Å². The Morgan fingerprint density at radius 3 is 2.39 bits per heavy atom. The third kappa shape index (κ3) is 7.11. The topological polar surface area (TPSA) is 105 Å². The van der Waals surface area contributed by atoms with E-state index in [9.17, 15) is 14.7 Å². The van der Waals surface area contributed by atoms with Crippen LogP contribution in [0.4, 0.5) is 10.5 Å². The molecule has 0 unspecified atom stereocenters. The predicted octanol–water partition coefficient (Wildman–Crippen LogP) is 5.84. The predicted molar refractivity (Wildman–Crippen MR) is 127 cm³/mol. The summed E-state index contributed by atoms with van der Waals surface area (Å²) in [5.74, 6) is -0.908. The maximum Gasteiger partial charge on any atom is 0.412 e. The number of hydrogen-bond acceptors (Lipinski definition) is 5. The molecule has 0 saturated heterocycles. The standard InChI is InChI=1S/C25H22BrNO6/c1-16-7-10-18(11-8-16)27-25(31)33-24(20-15-17(26)9-12-21(20)28)22(13-14-23(29)30)32-19-5-3-2-4-6-19/h2-15,22,24,28H,1H3,(H,27,31)(H,29,30)/b14-13+/t22-,24-/m1/s1. The summed E-state index contributed by atoms with van der Waals surface area (Å²) in [4.78, 5) is 24.0. The van der Waals surface area contributed by atoms with Crippen molar-refractivity contribution in [1.82, 2.24) is 0 Å². The number of benzene rings is 3. The summed E-state index contributed by atoms with van der Waals surface area (Å²) >= 11 is 3.35. The Hall–Kier alpha value is -3.78. The van der Waals surface area contributed by atoms with Gasteiger partial charge in [-0.3, -0.25) is 5.32 Å². The van der Waals surface area contributed by atoms with Gasteiger partial charge in [0.1, 0.15) is 11.5 Å². The van der Waals surface area contributed by atoms with Gasteiger partial charge in [-0.15, -0.1) is 0 Å². The first kappa shape index (κ1) is 23.9. The summed E-state index contributed by atoms with van der Waals surface area (Å²) in [5, 5.41) is 22.3. The number of ether oxygens (including phenoxy) is 2. The van der Waals surface area contributed by atoms with Crippen molar-refractivity contribution in [2.75, 3.05) is 5.32 Å². The zero-order valence-electron chi connectivity index (χ0n) is 17.6. The molecule has 0 bridgehead atoms. The Labute approximate surface area is 199 Å². The van der Waals surface area contributed by atoms with Crippen LogP contribution < -0.4 is 10.1 Å². The first-order valence-electron chi connectivity index (χ1n) is 9.97. The number of para-hydroxylation sites is 1. The fourth-order valence-electron chi connectivity index (χ4n) is 3.00. The average molecular weight is 512 g/mol. The lowest BCUT2D eigenvalue weighted by Gasteiger charge is -2.27. The van der Waals surface area contributed by atoms with Gasteiger partial charge in [-0.1, -0.05) is 51.8 Å². The van der Waals surface area contributed by atoms with Crippen molar-refractivity contribution < 1.29 is 29.3 Å². The molecule has 0 saturated carbocycles. The SMILES string of the molecule is Cc1ccc(NC(=O)O[C@H](c2cc(Br)ccc2O)[C@@H](/C=C/C(=O)O)Oc2ccccc2)cc1. The molecular formula is C25H22BrNO6. The van der Waals surface area contributed by atoms with E-state index in [1.165, 1.54) is 12.1 Å². The number of rotatable bonds is 8. The van der Waals surface area contributed by atoms with Crippen molar-refractivity contribution in [2.45, 2.75) is 19.1 Å². The Bertz CT molecular complexity index is 1130. The lowest BCUT2D eigenvalue weighted by Crippen LogP contribution is -2.30. The summed E-state index contributed by atoms with van der Waals surface area (Å²) in [7, 11) is 0. The van der Waals surface area contributed by atoms with E-state index in [-0.39, 0.29) is 11.3 Å². The number of aryl methyl sites for hydroxylation is 1. The van der Waals surface area contributed by atoms with E-state index >= 15 is 0 Å². The number of halogens is 1. The number of nitrogens with one attached hydrogen (secondary N) is 1. The normalized spacial score (nSPS) is 12.7. The van der Waals surface area contributed by atoms with Crippen molar-refractivity contribution >= 4 is 33.7 Å². The maximum atomic E-state index is 12.7. The molecule has 0 aromatic heterocycles. The minimum Gasteiger partial charge on any atom is -0.508 e. The smallest absolute Gasteiger partial charge is 0.412 e. The number of carbonyl (C=O) groups is 2. The molecule has 0 aliphatic rings. The van der Waals surface area contributed by atoms with Crippen molar-refractivity contribution in [3.63, 3.8) is 0 Å². The molecule has 0 aliphatic heterocycles. The number of carboxylic acid groups (broad SMARTS) is 1. The molecule has 0 spiro atoms. The van der Waals surface area contributed by atoms with E-state index in [0.29, 0.717) is 15.9 Å². The number of anilines is 1. The Morgan fingerprint density at radius 2 is 1.73 bits per heavy atom. The van der Waals surface area contributed by atoms with E-state index < -0.39 is 24.3 Å². The molecule has 0 fully saturated rings. The monoisotopic (exact) mass is 511 g/mol. The molecule has 33 heavy (non-hydrogen) atoms. The number of phenols is 1. The quantitative estimate of drug-likeness (QED) is 0.328. The van der Waals surface area contributed by atoms with Gasteiger partial charge in [0.25, 0.3) is 0 Å². The van der Waals surface area contributed by atoms with Crippen LogP contribution in [0, 0.1) is 6.92 Å². The van der Waals surface area contributed by atoms with Crippen LogP contribution in [0.5, 0.6) is 11.5 Å². The molecular weight excluding hydrogens is 490 g/mol. The van der Waals surface area contributed by atoms with Crippen LogP contribution in [0.3, 0.4) is 0 Å². The van der Waals surface area contributed by atoms with E-state index in [0.717, 1.165) is 11.6 Å². The first-order valence-corrected chi connectivity index (χ1v) is 10.8. The maximum absolute atomic E-state index is 12.7. The molecule has 3 N–H and O–H groups in total. The van der Waals surface area contributed by atoms with Gasteiger partial charge >= 0.3 is 12.1 Å². The molecule has 1 amide bonds. The second kappa shape index (κ2) is 11.2. The van der Waals surface area contributed by atoms with Crippen LogP contribution in [0.1, 0.15) is 17.2 Å². The fraction of sp³-hybridized carbons (Fsp3) is 0.120.